The maximum absolute atomic E-state index is 12.0. The fourth-order valence-corrected chi connectivity index (χ4v) is 1.55. The predicted molar refractivity (Wildman–Crippen MR) is 79.3 cm³/mol. The van der Waals surface area contributed by atoms with Crippen molar-refractivity contribution in [2.75, 3.05) is 26.1 Å². The summed E-state index contributed by atoms with van der Waals surface area (Å²) in [5.41, 5.74) is 0.543. The predicted octanol–water partition coefficient (Wildman–Crippen LogP) is 1.11. The van der Waals surface area contributed by atoms with Crippen LogP contribution in [0.25, 0.3) is 0 Å². The Labute approximate surface area is 128 Å². The number of benzene rings is 1. The van der Waals surface area contributed by atoms with E-state index in [1.165, 1.54) is 20.4 Å². The SMILES string of the molecule is COC(CN/C=C(/C#N)C(=O)Nc1ccccc1C#N)OC. The zero-order valence-electron chi connectivity index (χ0n) is 12.3. The van der Waals surface area contributed by atoms with E-state index in [0.29, 0.717) is 11.3 Å². The van der Waals surface area contributed by atoms with E-state index in [1.807, 2.05) is 6.07 Å². The molecule has 0 radical (unpaired) electrons. The Balaban J connectivity index is 2.73. The number of nitriles is 2. The van der Waals surface area contributed by atoms with Gasteiger partial charge in [-0.15, -0.1) is 0 Å². The molecule has 1 aromatic rings. The van der Waals surface area contributed by atoms with Crippen molar-refractivity contribution in [3.63, 3.8) is 0 Å². The Kier molecular flexibility index (Phi) is 7.14. The number of nitrogens with one attached hydrogen (secondary N) is 2. The molecule has 0 spiro atoms. The van der Waals surface area contributed by atoms with Gasteiger partial charge in [-0.2, -0.15) is 10.5 Å². The molecule has 0 aliphatic carbocycles. The van der Waals surface area contributed by atoms with Crippen molar-refractivity contribution in [1.82, 2.24) is 5.32 Å². The number of carbonyl (C=O) groups is 1. The lowest BCUT2D eigenvalue weighted by Crippen LogP contribution is -2.27. The number of methoxy groups -OCH3 is 2. The van der Waals surface area contributed by atoms with Crippen molar-refractivity contribution < 1.29 is 14.3 Å². The molecule has 114 valence electrons. The first-order valence-electron chi connectivity index (χ1n) is 6.36. The Bertz CT molecular complexity index is 624. The van der Waals surface area contributed by atoms with Crippen molar-refractivity contribution >= 4 is 11.6 Å². The molecule has 1 amide bonds. The van der Waals surface area contributed by atoms with Gasteiger partial charge in [-0.05, 0) is 12.1 Å². The summed E-state index contributed by atoms with van der Waals surface area (Å²) >= 11 is 0. The van der Waals surface area contributed by atoms with E-state index < -0.39 is 12.2 Å². The lowest BCUT2D eigenvalue weighted by atomic mass is 10.2. The highest BCUT2D eigenvalue weighted by molar-refractivity contribution is 6.07. The minimum atomic E-state index is -0.607. The second kappa shape index (κ2) is 9.14. The molecular weight excluding hydrogens is 284 g/mol. The van der Waals surface area contributed by atoms with E-state index >= 15 is 0 Å². The number of hydrogen-bond donors (Lipinski definition) is 2. The minimum absolute atomic E-state index is 0.126. The average Bonchev–Trinajstić information content (AvgIpc) is 2.55. The van der Waals surface area contributed by atoms with Gasteiger partial charge in [0.15, 0.2) is 6.29 Å². The van der Waals surface area contributed by atoms with Crippen LogP contribution in [0.15, 0.2) is 36.0 Å². The summed E-state index contributed by atoms with van der Waals surface area (Å²) in [4.78, 5) is 12.0. The van der Waals surface area contributed by atoms with Gasteiger partial charge in [-0.25, -0.2) is 0 Å². The van der Waals surface area contributed by atoms with Crippen LogP contribution in [0.2, 0.25) is 0 Å². The highest BCUT2D eigenvalue weighted by atomic mass is 16.7. The Morgan fingerprint density at radius 3 is 2.59 bits per heavy atom. The topological polar surface area (TPSA) is 107 Å². The van der Waals surface area contributed by atoms with Crippen molar-refractivity contribution in [3.8, 4) is 12.1 Å². The molecule has 0 bridgehead atoms. The molecule has 0 saturated carbocycles. The van der Waals surface area contributed by atoms with Crippen LogP contribution in [0.3, 0.4) is 0 Å². The molecule has 22 heavy (non-hydrogen) atoms. The van der Waals surface area contributed by atoms with E-state index in [2.05, 4.69) is 10.6 Å². The van der Waals surface area contributed by atoms with Crippen LogP contribution in [-0.2, 0) is 14.3 Å². The molecule has 0 fully saturated rings. The monoisotopic (exact) mass is 300 g/mol. The van der Waals surface area contributed by atoms with E-state index in [1.54, 1.807) is 30.3 Å². The van der Waals surface area contributed by atoms with Crippen molar-refractivity contribution in [3.05, 3.63) is 41.6 Å². The average molecular weight is 300 g/mol. The van der Waals surface area contributed by atoms with Gasteiger partial charge in [0.2, 0.25) is 0 Å². The largest absolute Gasteiger partial charge is 0.385 e. The summed E-state index contributed by atoms with van der Waals surface area (Å²) < 4.78 is 9.94. The van der Waals surface area contributed by atoms with E-state index in [4.69, 9.17) is 20.0 Å². The zero-order chi connectivity index (χ0) is 16.4. The zero-order valence-corrected chi connectivity index (χ0v) is 12.3. The van der Waals surface area contributed by atoms with Gasteiger partial charge in [-0.1, -0.05) is 12.1 Å². The number of anilines is 1. The Hall–Kier alpha value is -2.87. The first-order valence-corrected chi connectivity index (χ1v) is 6.36. The molecular formula is C15H16N4O3. The summed E-state index contributed by atoms with van der Waals surface area (Å²) in [6.07, 6.45) is 0.786. The maximum Gasteiger partial charge on any atom is 0.267 e. The molecule has 7 heteroatoms. The highest BCUT2D eigenvalue weighted by Crippen LogP contribution is 2.14. The maximum atomic E-state index is 12.0. The second-order valence-corrected chi connectivity index (χ2v) is 4.09. The third kappa shape index (κ3) is 4.91. The molecule has 1 rings (SSSR count). The van der Waals surface area contributed by atoms with Gasteiger partial charge in [0.05, 0.1) is 17.8 Å². The van der Waals surface area contributed by atoms with Crippen LogP contribution in [-0.4, -0.2) is 33.0 Å². The molecule has 0 aliphatic rings. The molecule has 0 aliphatic heterocycles. The molecule has 0 unspecified atom stereocenters. The molecule has 2 N–H and O–H groups in total. The standard InChI is InChI=1S/C15H16N4O3/c1-21-14(22-2)10-18-9-12(8-17)15(20)19-13-6-4-3-5-11(13)7-16/h3-6,9,14,18H,10H2,1-2H3,(H,19,20)/b12-9-. The molecule has 0 heterocycles. The van der Waals surface area contributed by atoms with Crippen LogP contribution in [0.4, 0.5) is 5.69 Å². The molecule has 7 nitrogen and oxygen atoms in total. The number of nitrogens with zero attached hydrogens (tertiary/aromatic N) is 2. The van der Waals surface area contributed by atoms with Gasteiger partial charge in [0, 0.05) is 20.4 Å². The number of para-hydroxylation sites is 1. The number of carbonyl (C=O) groups excluding carboxylic acids is 1. The lowest BCUT2D eigenvalue weighted by molar-refractivity contribution is -0.112. The van der Waals surface area contributed by atoms with Gasteiger partial charge in [-0.3, -0.25) is 4.79 Å². The number of hydrogen-bond acceptors (Lipinski definition) is 6. The van der Waals surface area contributed by atoms with Gasteiger partial charge in [0.1, 0.15) is 17.7 Å². The van der Waals surface area contributed by atoms with E-state index in [-0.39, 0.29) is 12.1 Å². The van der Waals surface area contributed by atoms with Crippen molar-refractivity contribution in [2.45, 2.75) is 6.29 Å². The summed E-state index contributed by atoms with van der Waals surface area (Å²) in [5.74, 6) is -0.607. The summed E-state index contributed by atoms with van der Waals surface area (Å²) in [5, 5.41) is 23.3. The normalized spacial score (nSPS) is 10.7. The summed E-state index contributed by atoms with van der Waals surface area (Å²) in [7, 11) is 2.96. The minimum Gasteiger partial charge on any atom is -0.385 e. The summed E-state index contributed by atoms with van der Waals surface area (Å²) in [6, 6.07) is 10.3. The van der Waals surface area contributed by atoms with Gasteiger partial charge in [0.25, 0.3) is 5.91 Å². The lowest BCUT2D eigenvalue weighted by Gasteiger charge is -2.13. The number of ether oxygens (including phenoxy) is 2. The van der Waals surface area contributed by atoms with Gasteiger partial charge < -0.3 is 20.1 Å². The smallest absolute Gasteiger partial charge is 0.267 e. The third-order valence-electron chi connectivity index (χ3n) is 2.72. The molecule has 1 aromatic carbocycles. The Morgan fingerprint density at radius 1 is 1.32 bits per heavy atom. The fraction of sp³-hybridized carbons (Fsp3) is 0.267. The van der Waals surface area contributed by atoms with Crippen molar-refractivity contribution in [1.29, 1.82) is 10.5 Å². The van der Waals surface area contributed by atoms with Crippen LogP contribution in [0.1, 0.15) is 5.56 Å². The van der Waals surface area contributed by atoms with E-state index in [9.17, 15) is 4.79 Å². The van der Waals surface area contributed by atoms with E-state index in [0.717, 1.165) is 0 Å². The van der Waals surface area contributed by atoms with Crippen LogP contribution in [0.5, 0.6) is 0 Å². The third-order valence-corrected chi connectivity index (χ3v) is 2.72. The van der Waals surface area contributed by atoms with Crippen LogP contribution < -0.4 is 10.6 Å². The quantitative estimate of drug-likeness (QED) is 0.444. The van der Waals surface area contributed by atoms with Gasteiger partial charge >= 0.3 is 0 Å². The second-order valence-electron chi connectivity index (χ2n) is 4.09. The molecule has 0 saturated heterocycles. The van der Waals surface area contributed by atoms with Crippen LogP contribution in [0, 0.1) is 22.7 Å². The molecule has 0 aromatic heterocycles. The Morgan fingerprint density at radius 2 is 2.00 bits per heavy atom. The first-order chi connectivity index (χ1) is 10.7. The number of rotatable bonds is 7. The summed E-state index contributed by atoms with van der Waals surface area (Å²) in [6.45, 7) is 0.278. The first kappa shape index (κ1) is 17.2. The number of amides is 1. The van der Waals surface area contributed by atoms with Crippen LogP contribution >= 0.6 is 0 Å². The fourth-order valence-electron chi connectivity index (χ4n) is 1.55. The highest BCUT2D eigenvalue weighted by Gasteiger charge is 2.12. The van der Waals surface area contributed by atoms with Crippen molar-refractivity contribution in [2.24, 2.45) is 0 Å². The molecule has 0 atom stereocenters.